The van der Waals surface area contributed by atoms with Crippen LogP contribution in [0.3, 0.4) is 0 Å². The molecule has 88 valence electrons. The molecule has 0 spiro atoms. The Balaban J connectivity index is 2.27. The predicted octanol–water partition coefficient (Wildman–Crippen LogP) is 0.633. The van der Waals surface area contributed by atoms with Crippen molar-refractivity contribution in [2.24, 2.45) is 0 Å². The van der Waals surface area contributed by atoms with Crippen LogP contribution in [0.25, 0.3) is 0 Å². The minimum atomic E-state index is -3.31. The average molecular weight is 261 g/mol. The largest absolute Gasteiger partial charge is 0.313 e. The fourth-order valence-corrected chi connectivity index (χ4v) is 3.28. The van der Waals surface area contributed by atoms with Crippen LogP contribution in [-0.4, -0.2) is 33.4 Å². The Morgan fingerprint density at radius 3 is 2.44 bits per heavy atom. The molecule has 0 bridgehead atoms. The first kappa shape index (κ1) is 11.9. The average Bonchev–Trinajstić information content (AvgIpc) is 2.31. The summed E-state index contributed by atoms with van der Waals surface area (Å²) >= 11 is 5.72. The number of hydrogen-bond donors (Lipinski definition) is 2. The van der Waals surface area contributed by atoms with E-state index in [1.54, 1.807) is 12.1 Å². The summed E-state index contributed by atoms with van der Waals surface area (Å²) in [5.74, 6) is 0. The van der Waals surface area contributed by atoms with Crippen LogP contribution >= 0.6 is 11.6 Å². The Bertz CT molecular complexity index is 452. The van der Waals surface area contributed by atoms with Gasteiger partial charge in [-0.15, -0.1) is 0 Å². The molecule has 0 aliphatic carbocycles. The minimum Gasteiger partial charge on any atom is -0.313 e. The Morgan fingerprint density at radius 1 is 1.19 bits per heavy atom. The summed E-state index contributed by atoms with van der Waals surface area (Å²) in [6, 6.07) is 6.25. The molecule has 0 aromatic heterocycles. The van der Waals surface area contributed by atoms with Crippen molar-refractivity contribution >= 4 is 21.4 Å². The van der Waals surface area contributed by atoms with Crippen LogP contribution in [0.2, 0.25) is 5.02 Å². The quantitative estimate of drug-likeness (QED) is 0.819. The molecule has 1 saturated heterocycles. The highest BCUT2D eigenvalue weighted by atomic mass is 35.5. The van der Waals surface area contributed by atoms with Crippen LogP contribution in [0.15, 0.2) is 29.2 Å². The van der Waals surface area contributed by atoms with Crippen LogP contribution in [0.1, 0.15) is 0 Å². The summed E-state index contributed by atoms with van der Waals surface area (Å²) < 4.78 is 24.3. The first-order chi connectivity index (χ1) is 7.60. The maximum absolute atomic E-state index is 12.2. The summed E-state index contributed by atoms with van der Waals surface area (Å²) in [5, 5.41) is 6.03. The van der Waals surface area contributed by atoms with Crippen LogP contribution in [0.4, 0.5) is 0 Å². The Morgan fingerprint density at radius 2 is 1.88 bits per heavy atom. The Kier molecular flexibility index (Phi) is 3.49. The number of piperazine rings is 1. The van der Waals surface area contributed by atoms with Crippen molar-refractivity contribution < 1.29 is 8.42 Å². The zero-order valence-corrected chi connectivity index (χ0v) is 10.2. The molecule has 4 nitrogen and oxygen atoms in total. The summed E-state index contributed by atoms with van der Waals surface area (Å²) in [4.78, 5) is 0.304. The molecule has 1 aromatic rings. The highest BCUT2D eigenvalue weighted by Crippen LogP contribution is 2.18. The molecule has 1 aliphatic heterocycles. The second kappa shape index (κ2) is 4.71. The molecule has 1 aliphatic rings. The van der Waals surface area contributed by atoms with E-state index in [1.807, 2.05) is 0 Å². The van der Waals surface area contributed by atoms with Crippen molar-refractivity contribution in [1.29, 1.82) is 0 Å². The van der Waals surface area contributed by atoms with E-state index in [2.05, 4.69) is 10.6 Å². The third kappa shape index (κ3) is 2.38. The maximum atomic E-state index is 12.2. The lowest BCUT2D eigenvalue weighted by atomic mass is 10.4. The van der Waals surface area contributed by atoms with E-state index in [0.717, 1.165) is 6.54 Å². The molecule has 16 heavy (non-hydrogen) atoms. The van der Waals surface area contributed by atoms with Crippen LogP contribution in [0.5, 0.6) is 0 Å². The van der Waals surface area contributed by atoms with Gasteiger partial charge in [-0.2, -0.15) is 0 Å². The smallest absolute Gasteiger partial charge is 0.195 e. The molecule has 6 heteroatoms. The number of sulfone groups is 1. The molecular weight excluding hydrogens is 248 g/mol. The molecule has 1 atom stereocenters. The third-order valence-corrected chi connectivity index (χ3v) is 4.78. The van der Waals surface area contributed by atoms with Crippen LogP contribution in [0, 0.1) is 0 Å². The highest BCUT2D eigenvalue weighted by Gasteiger charge is 2.28. The van der Waals surface area contributed by atoms with E-state index in [9.17, 15) is 8.42 Å². The zero-order chi connectivity index (χ0) is 11.6. The molecular formula is C10H13ClN2O2S. The number of rotatable bonds is 2. The molecule has 1 aromatic carbocycles. The molecule has 2 N–H and O–H groups in total. The van der Waals surface area contributed by atoms with E-state index >= 15 is 0 Å². The van der Waals surface area contributed by atoms with Gasteiger partial charge in [0.05, 0.1) is 4.90 Å². The fourth-order valence-electron chi connectivity index (χ4n) is 1.63. The lowest BCUT2D eigenvalue weighted by molar-refractivity contribution is 0.475. The monoisotopic (exact) mass is 260 g/mol. The van der Waals surface area contributed by atoms with E-state index in [4.69, 9.17) is 11.6 Å². The van der Waals surface area contributed by atoms with Crippen LogP contribution in [-0.2, 0) is 9.84 Å². The highest BCUT2D eigenvalue weighted by molar-refractivity contribution is 7.92. The van der Waals surface area contributed by atoms with Crippen LogP contribution < -0.4 is 10.6 Å². The van der Waals surface area contributed by atoms with E-state index in [-0.39, 0.29) is 0 Å². The topological polar surface area (TPSA) is 58.2 Å². The normalized spacial score (nSPS) is 21.9. The lowest BCUT2D eigenvalue weighted by Gasteiger charge is -2.24. The third-order valence-electron chi connectivity index (χ3n) is 2.52. The lowest BCUT2D eigenvalue weighted by Crippen LogP contribution is -2.52. The number of halogens is 1. The van der Waals surface area contributed by atoms with E-state index < -0.39 is 15.2 Å². The molecule has 1 unspecified atom stereocenters. The second-order valence-corrected chi connectivity index (χ2v) is 6.21. The summed E-state index contributed by atoms with van der Waals surface area (Å²) in [6.45, 7) is 1.90. The number of nitrogens with one attached hydrogen (secondary N) is 2. The number of benzene rings is 1. The van der Waals surface area contributed by atoms with Gasteiger partial charge in [-0.05, 0) is 24.3 Å². The first-order valence-electron chi connectivity index (χ1n) is 5.04. The van der Waals surface area contributed by atoms with Gasteiger partial charge in [0, 0.05) is 24.7 Å². The maximum Gasteiger partial charge on any atom is 0.195 e. The molecule has 2 rings (SSSR count). The van der Waals surface area contributed by atoms with Gasteiger partial charge in [-0.25, -0.2) is 8.42 Å². The van der Waals surface area contributed by atoms with Gasteiger partial charge < -0.3 is 5.32 Å². The minimum absolute atomic E-state index is 0.304. The van der Waals surface area contributed by atoms with Crippen molar-refractivity contribution in [1.82, 2.24) is 10.6 Å². The molecule has 0 amide bonds. The van der Waals surface area contributed by atoms with Gasteiger partial charge in [0.15, 0.2) is 9.84 Å². The molecule has 1 heterocycles. The van der Waals surface area contributed by atoms with Crippen molar-refractivity contribution in [2.75, 3.05) is 19.6 Å². The van der Waals surface area contributed by atoms with Gasteiger partial charge in [0.25, 0.3) is 0 Å². The van der Waals surface area contributed by atoms with E-state index in [0.29, 0.717) is 23.0 Å². The second-order valence-electron chi connectivity index (χ2n) is 3.65. The summed E-state index contributed by atoms with van der Waals surface area (Å²) in [6.07, 6.45) is 0. The van der Waals surface area contributed by atoms with Gasteiger partial charge >= 0.3 is 0 Å². The predicted molar refractivity (Wildman–Crippen MR) is 63.3 cm³/mol. The summed E-state index contributed by atoms with van der Waals surface area (Å²) in [5.41, 5.74) is 0. The van der Waals surface area contributed by atoms with Gasteiger partial charge in [0.1, 0.15) is 5.37 Å². The fraction of sp³-hybridized carbons (Fsp3) is 0.400. The van der Waals surface area contributed by atoms with Gasteiger partial charge in [-0.1, -0.05) is 11.6 Å². The van der Waals surface area contributed by atoms with Gasteiger partial charge in [-0.3, -0.25) is 5.32 Å². The standard InChI is InChI=1S/C10H13ClN2O2S/c11-8-1-3-9(4-2-8)16(14,15)10-7-12-5-6-13-10/h1-4,10,12-13H,5-7H2. The molecule has 1 fully saturated rings. The van der Waals surface area contributed by atoms with Crippen molar-refractivity contribution in [2.45, 2.75) is 10.3 Å². The Labute approximate surface area is 99.9 Å². The SMILES string of the molecule is O=S(=O)(c1ccc(Cl)cc1)C1CNCCN1. The van der Waals surface area contributed by atoms with Gasteiger partial charge in [0.2, 0.25) is 0 Å². The molecule has 0 radical (unpaired) electrons. The van der Waals surface area contributed by atoms with E-state index in [1.165, 1.54) is 12.1 Å². The first-order valence-corrected chi connectivity index (χ1v) is 6.97. The zero-order valence-electron chi connectivity index (χ0n) is 8.61. The van der Waals surface area contributed by atoms with Crippen molar-refractivity contribution in [3.05, 3.63) is 29.3 Å². The van der Waals surface area contributed by atoms with Crippen molar-refractivity contribution in [3.63, 3.8) is 0 Å². The van der Waals surface area contributed by atoms with Crippen molar-refractivity contribution in [3.8, 4) is 0 Å². The number of hydrogen-bond acceptors (Lipinski definition) is 4. The summed E-state index contributed by atoms with van der Waals surface area (Å²) in [7, 11) is -3.31. The molecule has 0 saturated carbocycles. The Hall–Kier alpha value is -0.620.